The van der Waals surface area contributed by atoms with E-state index in [1.807, 2.05) is 60.7 Å². The lowest BCUT2D eigenvalue weighted by atomic mass is 10.1. The minimum atomic E-state index is -0.310. The molecule has 0 aliphatic heterocycles. The molecular weight excluding hydrogens is 622 g/mol. The Kier molecular flexibility index (Phi) is 8.40. The number of hydrogen-bond donors (Lipinski definition) is 1. The van der Waals surface area contributed by atoms with Crippen molar-refractivity contribution in [3.8, 4) is 22.7 Å². The highest BCUT2D eigenvalue weighted by atomic mass is 79.9. The Balaban J connectivity index is 1.11. The summed E-state index contributed by atoms with van der Waals surface area (Å²) in [6, 6.07) is 39.8. The number of amides is 1. The molecule has 1 heterocycles. The average Bonchev–Trinajstić information content (AvgIpc) is 3.42. The molecule has 6 rings (SSSR count). The second-order valence-corrected chi connectivity index (χ2v) is 11.3. The molecule has 5 nitrogen and oxygen atoms in total. The molecule has 6 aromatic rings. The van der Waals surface area contributed by atoms with E-state index in [2.05, 4.69) is 80.4 Å². The van der Waals surface area contributed by atoms with Gasteiger partial charge < -0.3 is 9.30 Å². The molecule has 0 fully saturated rings. The van der Waals surface area contributed by atoms with E-state index in [9.17, 15) is 4.79 Å². The normalized spacial score (nSPS) is 11.2. The molecule has 0 saturated heterocycles. The summed E-state index contributed by atoms with van der Waals surface area (Å²) in [5.41, 5.74) is 9.19. The van der Waals surface area contributed by atoms with Crippen LogP contribution in [0, 0.1) is 6.92 Å². The number of nitrogens with one attached hydrogen (secondary N) is 1. The Labute approximate surface area is 263 Å². The topological polar surface area (TPSA) is 55.6 Å². The maximum atomic E-state index is 12.8. The zero-order chi connectivity index (χ0) is 29.8. The fourth-order valence-corrected chi connectivity index (χ4v) is 6.06. The van der Waals surface area contributed by atoms with Gasteiger partial charge in [0.05, 0.1) is 21.4 Å². The third-order valence-electron chi connectivity index (χ3n) is 7.19. The van der Waals surface area contributed by atoms with Crippen LogP contribution >= 0.6 is 27.5 Å². The van der Waals surface area contributed by atoms with Gasteiger partial charge in [-0.15, -0.1) is 0 Å². The number of nitrogens with zero attached hydrogens (tertiary/aromatic N) is 2. The summed E-state index contributed by atoms with van der Waals surface area (Å²) >= 11 is 10.1. The van der Waals surface area contributed by atoms with Crippen LogP contribution in [-0.2, 0) is 6.61 Å². The van der Waals surface area contributed by atoms with Crippen LogP contribution in [-0.4, -0.2) is 16.7 Å². The molecule has 212 valence electrons. The van der Waals surface area contributed by atoms with E-state index >= 15 is 0 Å². The SMILES string of the molecule is Cc1ccc(-c2ccccc2)n1-c1ccc(C(=O)N/N=C\c2cc(Cl)c(OCc3cccc4ccccc34)c(Br)c2)cc1. The second-order valence-electron chi connectivity index (χ2n) is 10.0. The van der Waals surface area contributed by atoms with Gasteiger partial charge in [-0.2, -0.15) is 5.10 Å². The van der Waals surface area contributed by atoms with E-state index < -0.39 is 0 Å². The van der Waals surface area contributed by atoms with Gasteiger partial charge in [-0.1, -0.05) is 84.4 Å². The number of rotatable bonds is 8. The molecule has 7 heteroatoms. The molecule has 0 spiro atoms. The monoisotopic (exact) mass is 647 g/mol. The second kappa shape index (κ2) is 12.7. The lowest BCUT2D eigenvalue weighted by molar-refractivity contribution is 0.0955. The van der Waals surface area contributed by atoms with Crippen molar-refractivity contribution in [3.63, 3.8) is 0 Å². The van der Waals surface area contributed by atoms with Gasteiger partial charge in [0.25, 0.3) is 5.91 Å². The highest BCUT2D eigenvalue weighted by Crippen LogP contribution is 2.35. The fourth-order valence-electron chi connectivity index (χ4n) is 5.07. The Morgan fingerprint density at radius 2 is 1.65 bits per heavy atom. The summed E-state index contributed by atoms with van der Waals surface area (Å²) < 4.78 is 8.96. The maximum Gasteiger partial charge on any atom is 0.271 e. The predicted octanol–water partition coefficient (Wildman–Crippen LogP) is 9.36. The van der Waals surface area contributed by atoms with Crippen LogP contribution in [0.2, 0.25) is 5.02 Å². The van der Waals surface area contributed by atoms with Crippen molar-refractivity contribution in [2.24, 2.45) is 5.10 Å². The largest absolute Gasteiger partial charge is 0.486 e. The summed E-state index contributed by atoms with van der Waals surface area (Å²) in [4.78, 5) is 12.8. The van der Waals surface area contributed by atoms with Gasteiger partial charge in [-0.05, 0) is 98.8 Å². The van der Waals surface area contributed by atoms with Crippen LogP contribution in [0.1, 0.15) is 27.2 Å². The first-order chi connectivity index (χ1) is 21.0. The molecular formula is C36H27BrClN3O2. The summed E-state index contributed by atoms with van der Waals surface area (Å²) in [5.74, 6) is 0.236. The number of aryl methyl sites for hydroxylation is 1. The lowest BCUT2D eigenvalue weighted by Gasteiger charge is -2.13. The molecule has 1 aromatic heterocycles. The van der Waals surface area contributed by atoms with E-state index in [1.165, 1.54) is 0 Å². The Morgan fingerprint density at radius 1 is 0.907 bits per heavy atom. The first-order valence-electron chi connectivity index (χ1n) is 13.7. The maximum absolute atomic E-state index is 12.8. The van der Waals surface area contributed by atoms with Crippen LogP contribution < -0.4 is 10.2 Å². The van der Waals surface area contributed by atoms with Gasteiger partial charge in [0.2, 0.25) is 0 Å². The Morgan fingerprint density at radius 3 is 2.44 bits per heavy atom. The zero-order valence-electron chi connectivity index (χ0n) is 23.3. The van der Waals surface area contributed by atoms with E-state index in [4.69, 9.17) is 16.3 Å². The van der Waals surface area contributed by atoms with Crippen LogP contribution in [0.25, 0.3) is 27.7 Å². The average molecular weight is 649 g/mol. The van der Waals surface area contributed by atoms with Crippen molar-refractivity contribution in [2.45, 2.75) is 13.5 Å². The Bertz CT molecular complexity index is 1920. The van der Waals surface area contributed by atoms with E-state index in [0.29, 0.717) is 33.0 Å². The number of hydrazone groups is 1. The molecule has 1 N–H and O–H groups in total. The highest BCUT2D eigenvalue weighted by Gasteiger charge is 2.12. The molecule has 0 bridgehead atoms. The summed E-state index contributed by atoms with van der Waals surface area (Å²) in [7, 11) is 0. The lowest BCUT2D eigenvalue weighted by Crippen LogP contribution is -2.17. The molecule has 0 aliphatic rings. The van der Waals surface area contributed by atoms with Crippen LogP contribution in [0.5, 0.6) is 5.75 Å². The van der Waals surface area contributed by atoms with Crippen molar-refractivity contribution < 1.29 is 9.53 Å². The third-order valence-corrected chi connectivity index (χ3v) is 8.06. The number of hydrogen-bond acceptors (Lipinski definition) is 3. The molecule has 0 atom stereocenters. The minimum absolute atomic E-state index is 0.310. The van der Waals surface area contributed by atoms with Crippen molar-refractivity contribution in [3.05, 3.63) is 153 Å². The van der Waals surface area contributed by atoms with E-state index in [1.54, 1.807) is 24.4 Å². The summed E-state index contributed by atoms with van der Waals surface area (Å²) in [5, 5.41) is 6.89. The van der Waals surface area contributed by atoms with Crippen LogP contribution in [0.4, 0.5) is 0 Å². The van der Waals surface area contributed by atoms with Gasteiger partial charge in [0, 0.05) is 16.9 Å². The molecule has 0 saturated carbocycles. The number of halogens is 2. The minimum Gasteiger partial charge on any atom is -0.486 e. The van der Waals surface area contributed by atoms with Gasteiger partial charge in [0.1, 0.15) is 6.61 Å². The summed E-state index contributed by atoms with van der Waals surface area (Å²) in [6.07, 6.45) is 1.55. The number of aromatic nitrogens is 1. The first kappa shape index (κ1) is 28.5. The van der Waals surface area contributed by atoms with Gasteiger partial charge in [-0.3, -0.25) is 4.79 Å². The van der Waals surface area contributed by atoms with Crippen LogP contribution in [0.15, 0.2) is 131 Å². The molecule has 5 aromatic carbocycles. The zero-order valence-corrected chi connectivity index (χ0v) is 25.6. The smallest absolute Gasteiger partial charge is 0.271 e. The van der Waals surface area contributed by atoms with Gasteiger partial charge in [-0.25, -0.2) is 5.43 Å². The van der Waals surface area contributed by atoms with Crippen molar-refractivity contribution in [1.29, 1.82) is 0 Å². The third kappa shape index (κ3) is 6.26. The van der Waals surface area contributed by atoms with E-state index in [-0.39, 0.29) is 5.91 Å². The van der Waals surface area contributed by atoms with Crippen LogP contribution in [0.3, 0.4) is 0 Å². The van der Waals surface area contributed by atoms with Gasteiger partial charge >= 0.3 is 0 Å². The fraction of sp³-hybridized carbons (Fsp3) is 0.0556. The highest BCUT2D eigenvalue weighted by molar-refractivity contribution is 9.10. The summed E-state index contributed by atoms with van der Waals surface area (Å²) in [6.45, 7) is 2.44. The molecule has 0 radical (unpaired) electrons. The number of benzene rings is 5. The number of carbonyl (C=O) groups excluding carboxylic acids is 1. The van der Waals surface area contributed by atoms with Gasteiger partial charge in [0.15, 0.2) is 5.75 Å². The van der Waals surface area contributed by atoms with Crippen molar-refractivity contribution in [2.75, 3.05) is 0 Å². The van der Waals surface area contributed by atoms with Crippen molar-refractivity contribution >= 4 is 50.4 Å². The molecule has 0 aliphatic carbocycles. The standard InChI is InChI=1S/C36H27BrClN3O2/c1-24-14-19-34(27-9-3-2-4-10-27)41(24)30-17-15-28(16-18-30)36(42)40-39-22-25-20-32(37)35(33(38)21-25)43-23-29-12-7-11-26-8-5-6-13-31(26)29/h2-22H,23H2,1H3,(H,40,42)/b39-22-. The number of fused-ring (bicyclic) bond motifs is 1. The first-order valence-corrected chi connectivity index (χ1v) is 14.9. The number of carbonyl (C=O) groups is 1. The quantitative estimate of drug-likeness (QED) is 0.132. The molecule has 0 unspecified atom stereocenters. The Hall–Kier alpha value is -4.65. The van der Waals surface area contributed by atoms with E-state index in [0.717, 1.165) is 39.0 Å². The van der Waals surface area contributed by atoms with Crippen molar-refractivity contribution in [1.82, 2.24) is 9.99 Å². The molecule has 43 heavy (non-hydrogen) atoms. The molecule has 1 amide bonds. The predicted molar refractivity (Wildman–Crippen MR) is 178 cm³/mol. The number of ether oxygens (including phenoxy) is 1.